The summed E-state index contributed by atoms with van der Waals surface area (Å²) in [5, 5.41) is 13.3. The van der Waals surface area contributed by atoms with E-state index in [1.807, 2.05) is 69.2 Å². The lowest BCUT2D eigenvalue weighted by Crippen LogP contribution is -2.34. The van der Waals surface area contributed by atoms with E-state index in [2.05, 4.69) is 5.32 Å². The predicted octanol–water partition coefficient (Wildman–Crippen LogP) is 2.91. The number of likely N-dealkylation sites (N-methyl/N-ethyl adjacent to an activating group) is 1. The van der Waals surface area contributed by atoms with Gasteiger partial charge in [-0.2, -0.15) is 0 Å². The first-order valence-corrected chi connectivity index (χ1v) is 9.34. The van der Waals surface area contributed by atoms with E-state index in [-0.39, 0.29) is 12.5 Å². The van der Waals surface area contributed by atoms with Crippen molar-refractivity contribution in [1.29, 1.82) is 0 Å². The zero-order valence-corrected chi connectivity index (χ0v) is 16.7. The lowest BCUT2D eigenvalue weighted by molar-refractivity contribution is -0.123. The normalized spacial score (nSPS) is 10.9. The van der Waals surface area contributed by atoms with Crippen LogP contribution < -0.4 is 10.1 Å². The Hall–Kier alpha value is -2.53. The van der Waals surface area contributed by atoms with Gasteiger partial charge in [-0.1, -0.05) is 43.3 Å². The van der Waals surface area contributed by atoms with Crippen LogP contribution in [0.5, 0.6) is 11.5 Å². The van der Waals surface area contributed by atoms with E-state index in [4.69, 9.17) is 4.74 Å². The van der Waals surface area contributed by atoms with Gasteiger partial charge < -0.3 is 20.1 Å². The number of phenols is 1. The number of ether oxygens (including phenoxy) is 1. The lowest BCUT2D eigenvalue weighted by atomic mass is 9.98. The number of phenolic OH excluding ortho intramolecular Hbond substituents is 1. The Balaban J connectivity index is 2.09. The first-order chi connectivity index (χ1) is 12.9. The number of nitrogens with zero attached hydrogens (tertiary/aromatic N) is 1. The fraction of sp³-hybridized carbons (Fsp3) is 0.409. The number of carbonyl (C=O) groups excluding carboxylic acids is 1. The molecule has 0 saturated carbocycles. The smallest absolute Gasteiger partial charge is 0.257 e. The van der Waals surface area contributed by atoms with Gasteiger partial charge in [-0.25, -0.2) is 0 Å². The fourth-order valence-corrected chi connectivity index (χ4v) is 2.94. The highest BCUT2D eigenvalue weighted by molar-refractivity contribution is 5.77. The van der Waals surface area contributed by atoms with E-state index in [9.17, 15) is 9.90 Å². The van der Waals surface area contributed by atoms with E-state index in [0.29, 0.717) is 24.5 Å². The molecule has 2 N–H and O–H groups in total. The maximum absolute atomic E-state index is 12.0. The Bertz CT molecular complexity index is 772. The summed E-state index contributed by atoms with van der Waals surface area (Å²) < 4.78 is 5.85. The molecule has 27 heavy (non-hydrogen) atoms. The summed E-state index contributed by atoms with van der Waals surface area (Å²) >= 11 is 0. The zero-order chi connectivity index (χ0) is 19.8. The summed E-state index contributed by atoms with van der Waals surface area (Å²) in [5.41, 5.74) is 3.72. The van der Waals surface area contributed by atoms with Crippen molar-refractivity contribution in [1.82, 2.24) is 10.2 Å². The maximum atomic E-state index is 12.0. The van der Waals surface area contributed by atoms with Gasteiger partial charge >= 0.3 is 0 Å². The van der Waals surface area contributed by atoms with Gasteiger partial charge in [0.05, 0.1) is 0 Å². The molecule has 5 heteroatoms. The molecule has 5 nitrogen and oxygen atoms in total. The molecule has 0 bridgehead atoms. The molecule has 1 amide bonds. The van der Waals surface area contributed by atoms with Crippen LogP contribution >= 0.6 is 0 Å². The van der Waals surface area contributed by atoms with Gasteiger partial charge in [0.1, 0.15) is 11.5 Å². The number of para-hydroxylation sites is 2. The maximum Gasteiger partial charge on any atom is 0.257 e. The third-order valence-electron chi connectivity index (χ3n) is 4.49. The van der Waals surface area contributed by atoms with E-state index >= 15 is 0 Å². The zero-order valence-electron chi connectivity index (χ0n) is 16.7. The molecule has 0 aliphatic rings. The summed E-state index contributed by atoms with van der Waals surface area (Å²) in [6, 6.07) is 11.7. The minimum atomic E-state index is -0.137. The van der Waals surface area contributed by atoms with E-state index in [1.165, 1.54) is 0 Å². The Morgan fingerprint density at radius 2 is 1.78 bits per heavy atom. The molecule has 0 atom stereocenters. The number of benzene rings is 2. The molecule has 0 heterocycles. The number of aromatic hydroxyl groups is 1. The van der Waals surface area contributed by atoms with Crippen molar-refractivity contribution in [2.75, 3.05) is 33.8 Å². The molecule has 0 fully saturated rings. The monoisotopic (exact) mass is 370 g/mol. The average Bonchev–Trinajstić information content (AvgIpc) is 2.62. The second kappa shape index (κ2) is 9.97. The Kier molecular flexibility index (Phi) is 7.67. The van der Waals surface area contributed by atoms with Crippen molar-refractivity contribution in [3.05, 3.63) is 58.7 Å². The van der Waals surface area contributed by atoms with Gasteiger partial charge in [0.25, 0.3) is 5.91 Å². The van der Waals surface area contributed by atoms with Gasteiger partial charge in [-0.05, 0) is 49.7 Å². The predicted molar refractivity (Wildman–Crippen MR) is 109 cm³/mol. The molecular formula is C22H30N2O3. The summed E-state index contributed by atoms with van der Waals surface area (Å²) in [6.45, 7) is 5.34. The van der Waals surface area contributed by atoms with Crippen molar-refractivity contribution in [2.45, 2.75) is 26.7 Å². The molecule has 0 aliphatic carbocycles. The highest BCUT2D eigenvalue weighted by Crippen LogP contribution is 2.30. The lowest BCUT2D eigenvalue weighted by Gasteiger charge is -2.16. The van der Waals surface area contributed by atoms with E-state index in [1.54, 1.807) is 0 Å². The minimum absolute atomic E-state index is 0.0216. The van der Waals surface area contributed by atoms with Gasteiger partial charge in [0.2, 0.25) is 0 Å². The molecule has 0 aliphatic heterocycles. The number of nitrogens with one attached hydrogen (secondary N) is 1. The van der Waals surface area contributed by atoms with Crippen molar-refractivity contribution < 1.29 is 14.6 Å². The summed E-state index contributed by atoms with van der Waals surface area (Å²) in [7, 11) is 3.93. The number of hydrogen-bond acceptors (Lipinski definition) is 4. The van der Waals surface area contributed by atoms with E-state index < -0.39 is 0 Å². The van der Waals surface area contributed by atoms with E-state index in [0.717, 1.165) is 35.2 Å². The van der Waals surface area contributed by atoms with Crippen LogP contribution in [0.4, 0.5) is 0 Å². The number of rotatable bonds is 9. The van der Waals surface area contributed by atoms with Crippen LogP contribution in [0.15, 0.2) is 36.4 Å². The highest BCUT2D eigenvalue weighted by Gasteiger charge is 2.13. The van der Waals surface area contributed by atoms with Crippen LogP contribution in [-0.2, 0) is 17.6 Å². The van der Waals surface area contributed by atoms with Crippen molar-refractivity contribution in [3.63, 3.8) is 0 Å². The van der Waals surface area contributed by atoms with Gasteiger partial charge in [0.15, 0.2) is 6.61 Å². The molecule has 0 radical (unpaired) electrons. The quantitative estimate of drug-likeness (QED) is 0.712. The topological polar surface area (TPSA) is 61.8 Å². The van der Waals surface area contributed by atoms with Gasteiger partial charge in [-0.3, -0.25) is 4.79 Å². The Morgan fingerprint density at radius 3 is 2.48 bits per heavy atom. The van der Waals surface area contributed by atoms with Crippen LogP contribution in [-0.4, -0.2) is 49.7 Å². The Labute approximate surface area is 162 Å². The average molecular weight is 370 g/mol. The summed E-state index contributed by atoms with van der Waals surface area (Å²) in [6.07, 6.45) is 1.34. The molecule has 2 rings (SSSR count). The number of hydrogen-bond donors (Lipinski definition) is 2. The molecule has 0 saturated heterocycles. The standard InChI is InChI=1S/C22H30N2O3/c1-5-17-9-7-10-18(21(17)26)14-19-11-6-8-16(2)22(19)27-15-20(25)23-12-13-24(3)4/h6-11,26H,5,12-15H2,1-4H3,(H,23,25). The largest absolute Gasteiger partial charge is 0.507 e. The number of amides is 1. The third-order valence-corrected chi connectivity index (χ3v) is 4.49. The Morgan fingerprint density at radius 1 is 1.11 bits per heavy atom. The highest BCUT2D eigenvalue weighted by atomic mass is 16.5. The minimum Gasteiger partial charge on any atom is -0.507 e. The first-order valence-electron chi connectivity index (χ1n) is 9.34. The molecule has 2 aromatic rings. The van der Waals surface area contributed by atoms with Crippen LogP contribution in [0.3, 0.4) is 0 Å². The van der Waals surface area contributed by atoms with Gasteiger partial charge in [-0.15, -0.1) is 0 Å². The second-order valence-electron chi connectivity index (χ2n) is 6.96. The molecule has 0 spiro atoms. The number of carbonyl (C=O) groups is 1. The molecule has 0 unspecified atom stereocenters. The second-order valence-corrected chi connectivity index (χ2v) is 6.96. The molecule has 2 aromatic carbocycles. The SMILES string of the molecule is CCc1cccc(Cc2cccc(C)c2OCC(=O)NCCN(C)C)c1O. The summed E-state index contributed by atoms with van der Waals surface area (Å²) in [4.78, 5) is 14.0. The fourth-order valence-electron chi connectivity index (χ4n) is 2.94. The van der Waals surface area contributed by atoms with Gasteiger partial charge in [0, 0.05) is 19.5 Å². The van der Waals surface area contributed by atoms with Crippen LogP contribution in [0, 0.1) is 6.92 Å². The number of aryl methyl sites for hydroxylation is 2. The third kappa shape index (κ3) is 6.00. The molecule has 0 aromatic heterocycles. The van der Waals surface area contributed by atoms with Crippen molar-refractivity contribution in [2.24, 2.45) is 0 Å². The molecule has 146 valence electrons. The first kappa shape index (κ1) is 20.8. The van der Waals surface area contributed by atoms with Crippen LogP contribution in [0.25, 0.3) is 0 Å². The van der Waals surface area contributed by atoms with Crippen LogP contribution in [0.2, 0.25) is 0 Å². The summed E-state index contributed by atoms with van der Waals surface area (Å²) in [5.74, 6) is 0.914. The van der Waals surface area contributed by atoms with Crippen LogP contribution in [0.1, 0.15) is 29.2 Å². The van der Waals surface area contributed by atoms with Crippen molar-refractivity contribution in [3.8, 4) is 11.5 Å². The molecular weight excluding hydrogens is 340 g/mol. The van der Waals surface area contributed by atoms with Crippen molar-refractivity contribution >= 4 is 5.91 Å².